The summed E-state index contributed by atoms with van der Waals surface area (Å²) >= 11 is 0. The molecule has 2 saturated heterocycles. The summed E-state index contributed by atoms with van der Waals surface area (Å²) in [5, 5.41) is 10.8. The molecular weight excluding hydrogens is 332 g/mol. The van der Waals surface area contributed by atoms with Crippen LogP contribution in [-0.2, 0) is 9.47 Å². The second-order valence-electron chi connectivity index (χ2n) is 7.99. The standard InChI is InChI=1S/C19H30N4O3/c1-15-10-18(21-14-20-15)23(16-2-3-16)17-4-6-22(7-5-17)11-19(24)12-25-8-9-26-13-19/h10,14,16-17,24H,2-9,11-13H2,1H3. The fourth-order valence-electron chi connectivity index (χ4n) is 4.15. The fraction of sp³-hybridized carbons (Fsp3) is 0.789. The first kappa shape index (κ1) is 18.1. The van der Waals surface area contributed by atoms with Crippen LogP contribution in [-0.4, -0.2) is 83.7 Å². The minimum atomic E-state index is -0.886. The molecule has 3 aliphatic rings. The van der Waals surface area contributed by atoms with Gasteiger partial charge < -0.3 is 24.4 Å². The Bertz CT molecular complexity index is 594. The number of piperidine rings is 1. The number of aryl methyl sites for hydroxylation is 1. The zero-order valence-electron chi connectivity index (χ0n) is 15.6. The van der Waals surface area contributed by atoms with Gasteiger partial charge in [0.25, 0.3) is 0 Å². The van der Waals surface area contributed by atoms with Crippen molar-refractivity contribution in [3.63, 3.8) is 0 Å². The van der Waals surface area contributed by atoms with E-state index in [4.69, 9.17) is 9.47 Å². The number of likely N-dealkylation sites (tertiary alicyclic amines) is 1. The van der Waals surface area contributed by atoms with E-state index in [2.05, 4.69) is 25.8 Å². The molecule has 2 aliphatic heterocycles. The van der Waals surface area contributed by atoms with Crippen LogP contribution in [0, 0.1) is 6.92 Å². The van der Waals surface area contributed by atoms with Crippen molar-refractivity contribution >= 4 is 5.82 Å². The van der Waals surface area contributed by atoms with E-state index in [0.29, 0.717) is 45.1 Å². The maximum atomic E-state index is 10.8. The first-order valence-corrected chi connectivity index (χ1v) is 9.80. The van der Waals surface area contributed by atoms with Gasteiger partial charge in [0, 0.05) is 43.5 Å². The Kier molecular flexibility index (Phi) is 5.40. The van der Waals surface area contributed by atoms with Gasteiger partial charge in [-0.15, -0.1) is 0 Å². The Morgan fingerprint density at radius 1 is 1.12 bits per heavy atom. The molecule has 1 aromatic rings. The number of hydrogen-bond donors (Lipinski definition) is 1. The summed E-state index contributed by atoms with van der Waals surface area (Å²) in [7, 11) is 0. The minimum Gasteiger partial charge on any atom is -0.384 e. The number of aliphatic hydroxyl groups is 1. The summed E-state index contributed by atoms with van der Waals surface area (Å²) in [6.45, 7) is 6.48. The van der Waals surface area contributed by atoms with Crippen molar-refractivity contribution in [3.8, 4) is 0 Å². The zero-order chi connectivity index (χ0) is 18.0. The molecule has 3 fully saturated rings. The molecular formula is C19H30N4O3. The van der Waals surface area contributed by atoms with Gasteiger partial charge in [-0.1, -0.05) is 0 Å². The molecule has 0 atom stereocenters. The predicted molar refractivity (Wildman–Crippen MR) is 98.3 cm³/mol. The summed E-state index contributed by atoms with van der Waals surface area (Å²) in [6.07, 6.45) is 6.39. The molecule has 0 aromatic carbocycles. The summed E-state index contributed by atoms with van der Waals surface area (Å²) in [6, 6.07) is 3.26. The molecule has 0 spiro atoms. The van der Waals surface area contributed by atoms with Gasteiger partial charge in [-0.2, -0.15) is 0 Å². The topological polar surface area (TPSA) is 71.0 Å². The number of rotatable bonds is 5. The van der Waals surface area contributed by atoms with Gasteiger partial charge in [-0.05, 0) is 32.6 Å². The van der Waals surface area contributed by atoms with E-state index in [1.807, 2.05) is 6.92 Å². The van der Waals surface area contributed by atoms with E-state index in [0.717, 1.165) is 37.4 Å². The molecule has 1 saturated carbocycles. The minimum absolute atomic E-state index is 0.362. The average molecular weight is 362 g/mol. The van der Waals surface area contributed by atoms with Crippen molar-refractivity contribution < 1.29 is 14.6 Å². The SMILES string of the molecule is Cc1cc(N(C2CC2)C2CCN(CC3(O)COCCOC3)CC2)ncn1. The van der Waals surface area contributed by atoms with E-state index in [9.17, 15) is 5.11 Å². The summed E-state index contributed by atoms with van der Waals surface area (Å²) in [4.78, 5) is 13.7. The molecule has 1 N–H and O–H groups in total. The fourth-order valence-corrected chi connectivity index (χ4v) is 4.15. The largest absolute Gasteiger partial charge is 0.384 e. The van der Waals surface area contributed by atoms with Crippen LogP contribution < -0.4 is 4.90 Å². The second-order valence-corrected chi connectivity index (χ2v) is 7.99. The van der Waals surface area contributed by atoms with Gasteiger partial charge >= 0.3 is 0 Å². The number of nitrogens with zero attached hydrogens (tertiary/aromatic N) is 4. The van der Waals surface area contributed by atoms with E-state index in [1.54, 1.807) is 6.33 Å². The van der Waals surface area contributed by atoms with Crippen molar-refractivity contribution in [3.05, 3.63) is 18.1 Å². The molecule has 4 rings (SSSR count). The number of anilines is 1. The van der Waals surface area contributed by atoms with Gasteiger partial charge in [-0.3, -0.25) is 0 Å². The van der Waals surface area contributed by atoms with Crippen LogP contribution >= 0.6 is 0 Å². The highest BCUT2D eigenvalue weighted by Gasteiger charge is 2.38. The average Bonchev–Trinajstić information content (AvgIpc) is 3.46. The highest BCUT2D eigenvalue weighted by Crippen LogP contribution is 2.35. The lowest BCUT2D eigenvalue weighted by Crippen LogP contribution is -2.53. The van der Waals surface area contributed by atoms with E-state index < -0.39 is 5.60 Å². The molecule has 1 aromatic heterocycles. The quantitative estimate of drug-likeness (QED) is 0.838. The molecule has 0 amide bonds. The van der Waals surface area contributed by atoms with Crippen LogP contribution in [0.25, 0.3) is 0 Å². The van der Waals surface area contributed by atoms with Crippen LogP contribution in [0.5, 0.6) is 0 Å². The lowest BCUT2D eigenvalue weighted by atomic mass is 9.99. The second kappa shape index (κ2) is 7.76. The Labute approximate surface area is 155 Å². The number of aromatic nitrogens is 2. The monoisotopic (exact) mass is 362 g/mol. The third kappa shape index (κ3) is 4.34. The maximum Gasteiger partial charge on any atom is 0.132 e. The molecule has 0 bridgehead atoms. The van der Waals surface area contributed by atoms with Crippen molar-refractivity contribution in [2.45, 2.75) is 50.3 Å². The number of hydrogen-bond acceptors (Lipinski definition) is 7. The first-order chi connectivity index (χ1) is 12.6. The lowest BCUT2D eigenvalue weighted by molar-refractivity contribution is -0.0767. The van der Waals surface area contributed by atoms with Crippen LogP contribution in [0.1, 0.15) is 31.4 Å². The van der Waals surface area contributed by atoms with Gasteiger partial charge in [0.15, 0.2) is 0 Å². The molecule has 26 heavy (non-hydrogen) atoms. The normalized spacial score (nSPS) is 25.0. The Hall–Kier alpha value is -1.28. The Balaban J connectivity index is 1.36. The van der Waals surface area contributed by atoms with Gasteiger partial charge in [0.05, 0.1) is 26.4 Å². The first-order valence-electron chi connectivity index (χ1n) is 9.80. The molecule has 7 nitrogen and oxygen atoms in total. The summed E-state index contributed by atoms with van der Waals surface area (Å²) in [5.41, 5.74) is 0.136. The molecule has 0 unspecified atom stereocenters. The van der Waals surface area contributed by atoms with Crippen LogP contribution in [0.15, 0.2) is 12.4 Å². The van der Waals surface area contributed by atoms with E-state index >= 15 is 0 Å². The van der Waals surface area contributed by atoms with Crippen molar-refractivity contribution in [2.24, 2.45) is 0 Å². The van der Waals surface area contributed by atoms with Crippen LogP contribution in [0.2, 0.25) is 0 Å². The molecule has 1 aliphatic carbocycles. The Morgan fingerprint density at radius 2 is 1.77 bits per heavy atom. The van der Waals surface area contributed by atoms with Crippen molar-refractivity contribution in [2.75, 3.05) is 51.0 Å². The number of β-amino-alcohol motifs (C(OH)–C–C–N with tert-alkyl or cyclic N) is 1. The smallest absolute Gasteiger partial charge is 0.132 e. The van der Waals surface area contributed by atoms with Gasteiger partial charge in [-0.25, -0.2) is 9.97 Å². The highest BCUT2D eigenvalue weighted by molar-refractivity contribution is 5.43. The van der Waals surface area contributed by atoms with Crippen LogP contribution in [0.3, 0.4) is 0 Å². The maximum absolute atomic E-state index is 10.8. The van der Waals surface area contributed by atoms with E-state index in [1.165, 1.54) is 12.8 Å². The zero-order valence-corrected chi connectivity index (χ0v) is 15.6. The predicted octanol–water partition coefficient (Wildman–Crippen LogP) is 0.996. The number of ether oxygens (including phenoxy) is 2. The Morgan fingerprint density at radius 3 is 2.38 bits per heavy atom. The molecule has 144 valence electrons. The van der Waals surface area contributed by atoms with E-state index in [-0.39, 0.29) is 0 Å². The summed E-state index contributed by atoms with van der Waals surface area (Å²) in [5.74, 6) is 1.07. The third-order valence-electron chi connectivity index (χ3n) is 5.58. The van der Waals surface area contributed by atoms with Crippen molar-refractivity contribution in [1.82, 2.24) is 14.9 Å². The van der Waals surface area contributed by atoms with Gasteiger partial charge in [0.2, 0.25) is 0 Å². The lowest BCUT2D eigenvalue weighted by Gasteiger charge is -2.41. The molecule has 3 heterocycles. The molecule has 7 heteroatoms. The van der Waals surface area contributed by atoms with Crippen LogP contribution in [0.4, 0.5) is 5.82 Å². The molecule has 0 radical (unpaired) electrons. The summed E-state index contributed by atoms with van der Waals surface area (Å²) < 4.78 is 11.0. The van der Waals surface area contributed by atoms with Gasteiger partial charge in [0.1, 0.15) is 17.7 Å². The third-order valence-corrected chi connectivity index (χ3v) is 5.58. The van der Waals surface area contributed by atoms with Crippen molar-refractivity contribution in [1.29, 1.82) is 0 Å². The highest BCUT2D eigenvalue weighted by atomic mass is 16.6.